The first-order chi connectivity index (χ1) is 14.8. The Hall–Kier alpha value is -2.36. The Bertz CT molecular complexity index is 1190. The normalized spacial score (nSPS) is 16.6. The molecule has 4 rings (SSSR count). The van der Waals surface area contributed by atoms with E-state index >= 15 is 0 Å². The minimum atomic E-state index is -3.59. The first-order valence-electron chi connectivity index (χ1n) is 10.1. The third-order valence-corrected chi connectivity index (χ3v) is 8.02. The summed E-state index contributed by atoms with van der Waals surface area (Å²) < 4.78 is 45.3. The highest BCUT2D eigenvalue weighted by molar-refractivity contribution is 7.91. The lowest BCUT2D eigenvalue weighted by Gasteiger charge is -2.23. The van der Waals surface area contributed by atoms with Crippen molar-refractivity contribution >= 4 is 42.4 Å². The molecule has 2 heterocycles. The number of amides is 1. The smallest absolute Gasteiger partial charge is 0.229 e. The van der Waals surface area contributed by atoms with Gasteiger partial charge in [-0.05, 0) is 50.1 Å². The van der Waals surface area contributed by atoms with Gasteiger partial charge in [0.2, 0.25) is 5.91 Å². The number of halogens is 1. The summed E-state index contributed by atoms with van der Waals surface area (Å²) in [5.74, 6) is -1.01. The lowest BCUT2D eigenvalue weighted by Crippen LogP contribution is -2.38. The number of hydrogen-bond acceptors (Lipinski definition) is 6. The average Bonchev–Trinajstić information content (AvgIpc) is 3.39. The fourth-order valence-electron chi connectivity index (χ4n) is 3.50. The summed E-state index contributed by atoms with van der Waals surface area (Å²) in [6.45, 7) is 2.82. The van der Waals surface area contributed by atoms with Crippen LogP contribution in [0.25, 0.3) is 10.2 Å². The van der Waals surface area contributed by atoms with Crippen LogP contribution in [0.2, 0.25) is 0 Å². The predicted molar refractivity (Wildman–Crippen MR) is 119 cm³/mol. The summed E-state index contributed by atoms with van der Waals surface area (Å²) >= 11 is 1.21. The van der Waals surface area contributed by atoms with Crippen LogP contribution in [0.5, 0.6) is 0 Å². The second-order valence-electron chi connectivity index (χ2n) is 7.63. The molecule has 1 atom stereocenters. The largest absolute Gasteiger partial charge is 0.376 e. The molecule has 0 spiro atoms. The van der Waals surface area contributed by atoms with Crippen molar-refractivity contribution in [3.63, 3.8) is 0 Å². The number of sulfone groups is 1. The fourth-order valence-corrected chi connectivity index (χ4v) is 5.75. The van der Waals surface area contributed by atoms with Crippen LogP contribution in [0.15, 0.2) is 47.4 Å². The fraction of sp³-hybridized carbons (Fsp3) is 0.364. The second kappa shape index (κ2) is 9.02. The number of anilines is 1. The summed E-state index contributed by atoms with van der Waals surface area (Å²) in [7, 11) is -3.59. The van der Waals surface area contributed by atoms with Crippen molar-refractivity contribution in [3.05, 3.63) is 53.8 Å². The van der Waals surface area contributed by atoms with Crippen molar-refractivity contribution in [3.8, 4) is 0 Å². The van der Waals surface area contributed by atoms with Crippen molar-refractivity contribution in [2.24, 2.45) is 0 Å². The van der Waals surface area contributed by atoms with E-state index in [1.807, 2.05) is 6.92 Å². The van der Waals surface area contributed by atoms with E-state index in [2.05, 4.69) is 4.98 Å². The number of carbonyl (C=O) groups is 1. The standard InChI is InChI=1S/C22H23FN2O4S2/c1-15-4-7-18(8-5-15)31(27,28)12-10-21(26)25(14-17-3-2-11-29-17)22-24-19-9-6-16(23)13-20(19)30-22/h4-9,13,17H,2-3,10-12,14H2,1H3. The first-order valence-corrected chi connectivity index (χ1v) is 12.6. The maximum absolute atomic E-state index is 13.6. The van der Waals surface area contributed by atoms with Crippen LogP contribution < -0.4 is 4.90 Å². The van der Waals surface area contributed by atoms with Gasteiger partial charge in [-0.1, -0.05) is 29.0 Å². The molecular formula is C22H23FN2O4S2. The maximum atomic E-state index is 13.6. The van der Waals surface area contributed by atoms with E-state index in [9.17, 15) is 17.6 Å². The van der Waals surface area contributed by atoms with Crippen LogP contribution in [0.3, 0.4) is 0 Å². The summed E-state index contributed by atoms with van der Waals surface area (Å²) in [6, 6.07) is 10.9. The highest BCUT2D eigenvalue weighted by atomic mass is 32.2. The van der Waals surface area contributed by atoms with Gasteiger partial charge in [0, 0.05) is 13.0 Å². The van der Waals surface area contributed by atoms with Gasteiger partial charge in [0.25, 0.3) is 0 Å². The van der Waals surface area contributed by atoms with E-state index < -0.39 is 9.84 Å². The SMILES string of the molecule is Cc1ccc(S(=O)(=O)CCC(=O)N(CC2CCCO2)c2nc3ccc(F)cc3s2)cc1. The van der Waals surface area contributed by atoms with E-state index in [1.54, 1.807) is 30.3 Å². The van der Waals surface area contributed by atoms with Crippen molar-refractivity contribution in [1.82, 2.24) is 4.98 Å². The molecule has 1 aromatic heterocycles. The number of carbonyl (C=O) groups excluding carboxylic acids is 1. The number of hydrogen-bond donors (Lipinski definition) is 0. The number of ether oxygens (including phenoxy) is 1. The molecule has 6 nitrogen and oxygen atoms in total. The zero-order chi connectivity index (χ0) is 22.0. The van der Waals surface area contributed by atoms with Gasteiger partial charge in [-0.3, -0.25) is 9.69 Å². The van der Waals surface area contributed by atoms with Crippen molar-refractivity contribution in [2.45, 2.75) is 37.2 Å². The Morgan fingerprint density at radius 3 is 2.74 bits per heavy atom. The number of aryl methyl sites for hydroxylation is 1. The zero-order valence-electron chi connectivity index (χ0n) is 17.1. The number of thiazole rings is 1. The Labute approximate surface area is 184 Å². The van der Waals surface area contributed by atoms with Crippen LogP contribution in [0.4, 0.5) is 9.52 Å². The van der Waals surface area contributed by atoms with Gasteiger partial charge >= 0.3 is 0 Å². The van der Waals surface area contributed by atoms with Crippen molar-refractivity contribution in [1.29, 1.82) is 0 Å². The summed E-state index contributed by atoms with van der Waals surface area (Å²) in [5, 5.41) is 0.425. The molecular weight excluding hydrogens is 439 g/mol. The zero-order valence-corrected chi connectivity index (χ0v) is 18.7. The van der Waals surface area contributed by atoms with E-state index in [0.717, 1.165) is 18.4 Å². The van der Waals surface area contributed by atoms with Gasteiger partial charge < -0.3 is 4.74 Å². The van der Waals surface area contributed by atoms with E-state index in [1.165, 1.54) is 28.4 Å². The van der Waals surface area contributed by atoms with E-state index in [0.29, 0.717) is 28.5 Å². The molecule has 0 radical (unpaired) electrons. The van der Waals surface area contributed by atoms with Gasteiger partial charge in [0.15, 0.2) is 15.0 Å². The predicted octanol–water partition coefficient (Wildman–Crippen LogP) is 4.12. The number of rotatable bonds is 7. The Balaban J connectivity index is 1.55. The molecule has 0 N–H and O–H groups in total. The average molecular weight is 463 g/mol. The molecule has 1 saturated heterocycles. The van der Waals surface area contributed by atoms with Crippen molar-refractivity contribution in [2.75, 3.05) is 23.8 Å². The number of nitrogens with zero attached hydrogens (tertiary/aromatic N) is 2. The van der Waals surface area contributed by atoms with Crippen LogP contribution in [0.1, 0.15) is 24.8 Å². The maximum Gasteiger partial charge on any atom is 0.229 e. The van der Waals surface area contributed by atoms with E-state index in [-0.39, 0.29) is 34.9 Å². The van der Waals surface area contributed by atoms with Gasteiger partial charge in [0.1, 0.15) is 5.82 Å². The molecule has 2 aromatic carbocycles. The Kier molecular flexibility index (Phi) is 6.36. The molecule has 1 aliphatic rings. The highest BCUT2D eigenvalue weighted by Crippen LogP contribution is 2.31. The van der Waals surface area contributed by atoms with Crippen LogP contribution in [-0.4, -0.2) is 44.3 Å². The summed E-state index contributed by atoms with van der Waals surface area (Å²) in [5.41, 5.74) is 1.56. The third-order valence-electron chi connectivity index (χ3n) is 5.25. The third kappa shape index (κ3) is 5.11. The molecule has 31 heavy (non-hydrogen) atoms. The quantitative estimate of drug-likeness (QED) is 0.528. The summed E-state index contributed by atoms with van der Waals surface area (Å²) in [4.78, 5) is 19.3. The van der Waals surface area contributed by atoms with Gasteiger partial charge in [0.05, 0.1) is 33.5 Å². The lowest BCUT2D eigenvalue weighted by atomic mass is 10.2. The Morgan fingerprint density at radius 2 is 2.03 bits per heavy atom. The lowest BCUT2D eigenvalue weighted by molar-refractivity contribution is -0.118. The highest BCUT2D eigenvalue weighted by Gasteiger charge is 2.27. The van der Waals surface area contributed by atoms with Gasteiger partial charge in [-0.2, -0.15) is 0 Å². The minimum Gasteiger partial charge on any atom is -0.376 e. The molecule has 3 aromatic rings. The second-order valence-corrected chi connectivity index (χ2v) is 10.7. The molecule has 9 heteroatoms. The minimum absolute atomic E-state index is 0.124. The molecule has 0 bridgehead atoms. The molecule has 1 aliphatic heterocycles. The van der Waals surface area contributed by atoms with Crippen molar-refractivity contribution < 1.29 is 22.3 Å². The molecule has 1 amide bonds. The monoisotopic (exact) mass is 462 g/mol. The summed E-state index contributed by atoms with van der Waals surface area (Å²) in [6.07, 6.45) is 1.44. The molecule has 1 fully saturated rings. The molecule has 0 aliphatic carbocycles. The van der Waals surface area contributed by atoms with Gasteiger partial charge in [-0.25, -0.2) is 17.8 Å². The van der Waals surface area contributed by atoms with E-state index in [4.69, 9.17) is 4.74 Å². The van der Waals surface area contributed by atoms with Gasteiger partial charge in [-0.15, -0.1) is 0 Å². The number of fused-ring (bicyclic) bond motifs is 1. The Morgan fingerprint density at radius 1 is 1.26 bits per heavy atom. The van der Waals surface area contributed by atoms with Crippen LogP contribution in [-0.2, 0) is 19.4 Å². The first kappa shape index (κ1) is 21.9. The molecule has 0 saturated carbocycles. The van der Waals surface area contributed by atoms with Crippen LogP contribution >= 0.6 is 11.3 Å². The molecule has 164 valence electrons. The number of benzene rings is 2. The number of aromatic nitrogens is 1. The molecule has 1 unspecified atom stereocenters. The topological polar surface area (TPSA) is 76.6 Å². The van der Waals surface area contributed by atoms with Crippen LogP contribution in [0, 0.1) is 12.7 Å².